The molecule has 0 saturated carbocycles. The van der Waals surface area contributed by atoms with Gasteiger partial charge in [0.1, 0.15) is 0 Å². The molecule has 1 aliphatic rings. The van der Waals surface area contributed by atoms with Crippen LogP contribution in [-0.2, 0) is 6.54 Å². The van der Waals surface area contributed by atoms with Crippen molar-refractivity contribution in [2.24, 2.45) is 5.73 Å². The molecule has 0 unspecified atom stereocenters. The van der Waals surface area contributed by atoms with E-state index in [0.717, 1.165) is 12.1 Å². The van der Waals surface area contributed by atoms with Crippen LogP contribution in [0.5, 0.6) is 0 Å². The Morgan fingerprint density at radius 2 is 2.11 bits per heavy atom. The quantitative estimate of drug-likeness (QED) is 0.830. The Morgan fingerprint density at radius 1 is 1.39 bits per heavy atom. The lowest BCUT2D eigenvalue weighted by Gasteiger charge is -2.38. The van der Waals surface area contributed by atoms with Gasteiger partial charge in [-0.15, -0.1) is 11.3 Å². The predicted octanol–water partition coefficient (Wildman–Crippen LogP) is 2.82. The number of thiophene rings is 1. The third kappa shape index (κ3) is 3.14. The van der Waals surface area contributed by atoms with E-state index in [9.17, 15) is 0 Å². The topological polar surface area (TPSA) is 29.3 Å². The normalized spacial score (nSPS) is 24.6. The molecule has 0 amide bonds. The Hall–Kier alpha value is -0.820. The smallest absolute Gasteiger partial charge is 0.0555 e. The zero-order valence-electron chi connectivity index (χ0n) is 11.3. The standard InChI is InChI=1S/C15H22N2S/c1-12-5-3-6-13(2)17(12)11-15-14(7-4-9-16)8-10-18-15/h8,10,12-13H,3,5-6,9,11,16H2,1-2H3/t12-,13+. The summed E-state index contributed by atoms with van der Waals surface area (Å²) >= 11 is 1.81. The lowest BCUT2D eigenvalue weighted by Crippen LogP contribution is -2.42. The summed E-state index contributed by atoms with van der Waals surface area (Å²) in [6.45, 7) is 6.16. The van der Waals surface area contributed by atoms with Crippen LogP contribution in [0.4, 0.5) is 0 Å². The van der Waals surface area contributed by atoms with Gasteiger partial charge < -0.3 is 5.73 Å². The Balaban J connectivity index is 2.10. The zero-order valence-corrected chi connectivity index (χ0v) is 12.1. The summed E-state index contributed by atoms with van der Waals surface area (Å²) < 4.78 is 0. The maximum atomic E-state index is 5.44. The molecule has 3 heteroatoms. The first-order chi connectivity index (χ1) is 8.72. The van der Waals surface area contributed by atoms with Crippen LogP contribution in [0.15, 0.2) is 11.4 Å². The minimum Gasteiger partial charge on any atom is -0.320 e. The minimum atomic E-state index is 0.436. The van der Waals surface area contributed by atoms with E-state index in [2.05, 4.69) is 42.0 Å². The maximum absolute atomic E-state index is 5.44. The SMILES string of the molecule is C[C@@H]1CCC[C@H](C)N1Cc1sccc1C#CCN. The highest BCUT2D eigenvalue weighted by molar-refractivity contribution is 7.10. The van der Waals surface area contributed by atoms with E-state index in [0.29, 0.717) is 18.6 Å². The van der Waals surface area contributed by atoms with E-state index in [1.54, 1.807) is 0 Å². The molecule has 98 valence electrons. The molecule has 18 heavy (non-hydrogen) atoms. The van der Waals surface area contributed by atoms with Crippen molar-refractivity contribution in [3.8, 4) is 11.8 Å². The van der Waals surface area contributed by atoms with Crippen LogP contribution in [0.25, 0.3) is 0 Å². The Morgan fingerprint density at radius 3 is 2.78 bits per heavy atom. The fourth-order valence-electron chi connectivity index (χ4n) is 2.67. The van der Waals surface area contributed by atoms with Crippen LogP contribution >= 0.6 is 11.3 Å². The van der Waals surface area contributed by atoms with Crippen LogP contribution in [-0.4, -0.2) is 23.5 Å². The fraction of sp³-hybridized carbons (Fsp3) is 0.600. The van der Waals surface area contributed by atoms with Crippen molar-refractivity contribution in [2.75, 3.05) is 6.54 Å². The highest BCUT2D eigenvalue weighted by atomic mass is 32.1. The predicted molar refractivity (Wildman–Crippen MR) is 78.6 cm³/mol. The molecule has 0 bridgehead atoms. The highest BCUT2D eigenvalue weighted by Gasteiger charge is 2.25. The van der Waals surface area contributed by atoms with Crippen molar-refractivity contribution < 1.29 is 0 Å². The summed E-state index contributed by atoms with van der Waals surface area (Å²) in [5, 5.41) is 2.13. The van der Waals surface area contributed by atoms with Crippen LogP contribution in [0.3, 0.4) is 0 Å². The molecule has 2 nitrogen and oxygen atoms in total. The van der Waals surface area contributed by atoms with Crippen LogP contribution < -0.4 is 5.73 Å². The summed E-state index contributed by atoms with van der Waals surface area (Å²) in [7, 11) is 0. The fourth-order valence-corrected chi connectivity index (χ4v) is 3.51. The van der Waals surface area contributed by atoms with Gasteiger partial charge in [-0.1, -0.05) is 18.3 Å². The van der Waals surface area contributed by atoms with Crippen molar-refractivity contribution >= 4 is 11.3 Å². The van der Waals surface area contributed by atoms with Crippen molar-refractivity contribution in [1.29, 1.82) is 0 Å². The molecular formula is C15H22N2S. The molecular weight excluding hydrogens is 240 g/mol. The molecule has 1 aromatic heterocycles. The number of nitrogens with zero attached hydrogens (tertiary/aromatic N) is 1. The molecule has 1 aliphatic heterocycles. The average Bonchev–Trinajstić information content (AvgIpc) is 2.79. The molecule has 2 atom stereocenters. The summed E-state index contributed by atoms with van der Waals surface area (Å²) in [6, 6.07) is 3.49. The molecule has 2 heterocycles. The van der Waals surface area contributed by atoms with Gasteiger partial charge in [-0.25, -0.2) is 0 Å². The van der Waals surface area contributed by atoms with E-state index in [1.165, 1.54) is 24.1 Å². The van der Waals surface area contributed by atoms with Gasteiger partial charge in [0.25, 0.3) is 0 Å². The van der Waals surface area contributed by atoms with Crippen LogP contribution in [0.1, 0.15) is 43.6 Å². The Bertz CT molecular complexity index is 431. The van der Waals surface area contributed by atoms with E-state index in [-0.39, 0.29) is 0 Å². The van der Waals surface area contributed by atoms with E-state index < -0.39 is 0 Å². The van der Waals surface area contributed by atoms with Crippen LogP contribution in [0.2, 0.25) is 0 Å². The van der Waals surface area contributed by atoms with Gasteiger partial charge in [0.05, 0.1) is 6.54 Å². The number of nitrogens with two attached hydrogens (primary N) is 1. The van der Waals surface area contributed by atoms with Gasteiger partial charge in [-0.2, -0.15) is 0 Å². The molecule has 1 aromatic rings. The molecule has 1 fully saturated rings. The molecule has 0 aromatic carbocycles. The van der Waals surface area contributed by atoms with Gasteiger partial charge in [-0.3, -0.25) is 4.90 Å². The van der Waals surface area contributed by atoms with Gasteiger partial charge in [0.2, 0.25) is 0 Å². The van der Waals surface area contributed by atoms with Gasteiger partial charge in [0.15, 0.2) is 0 Å². The third-order valence-corrected chi connectivity index (χ3v) is 4.68. The summed E-state index contributed by atoms with van der Waals surface area (Å²) in [6.07, 6.45) is 4.00. The monoisotopic (exact) mass is 262 g/mol. The van der Waals surface area contributed by atoms with Gasteiger partial charge >= 0.3 is 0 Å². The first-order valence-corrected chi connectivity index (χ1v) is 7.61. The Labute approximate surface area is 114 Å². The number of hydrogen-bond donors (Lipinski definition) is 1. The largest absolute Gasteiger partial charge is 0.320 e. The number of likely N-dealkylation sites (tertiary alicyclic amines) is 1. The zero-order chi connectivity index (χ0) is 13.0. The molecule has 1 saturated heterocycles. The lowest BCUT2D eigenvalue weighted by molar-refractivity contribution is 0.0964. The van der Waals surface area contributed by atoms with Crippen molar-refractivity contribution in [3.05, 3.63) is 21.9 Å². The molecule has 0 aliphatic carbocycles. The number of piperidine rings is 1. The van der Waals surface area contributed by atoms with E-state index in [1.807, 2.05) is 11.3 Å². The van der Waals surface area contributed by atoms with Crippen molar-refractivity contribution in [1.82, 2.24) is 4.90 Å². The van der Waals surface area contributed by atoms with Gasteiger partial charge in [0, 0.05) is 29.1 Å². The molecule has 2 rings (SSSR count). The second-order valence-electron chi connectivity index (χ2n) is 5.06. The Kier molecular flexibility index (Phi) is 4.82. The summed E-state index contributed by atoms with van der Waals surface area (Å²) in [4.78, 5) is 4.00. The average molecular weight is 262 g/mol. The second kappa shape index (κ2) is 6.38. The van der Waals surface area contributed by atoms with Gasteiger partial charge in [-0.05, 0) is 38.1 Å². The van der Waals surface area contributed by atoms with Crippen LogP contribution in [0, 0.1) is 11.8 Å². The first-order valence-electron chi connectivity index (χ1n) is 6.73. The minimum absolute atomic E-state index is 0.436. The maximum Gasteiger partial charge on any atom is 0.0555 e. The van der Waals surface area contributed by atoms with E-state index >= 15 is 0 Å². The molecule has 2 N–H and O–H groups in total. The summed E-state index contributed by atoms with van der Waals surface area (Å²) in [5.74, 6) is 6.14. The van der Waals surface area contributed by atoms with Crippen molar-refractivity contribution in [3.63, 3.8) is 0 Å². The number of hydrogen-bond acceptors (Lipinski definition) is 3. The summed E-state index contributed by atoms with van der Waals surface area (Å²) in [5.41, 5.74) is 6.61. The lowest BCUT2D eigenvalue weighted by atomic mass is 9.97. The highest BCUT2D eigenvalue weighted by Crippen LogP contribution is 2.27. The van der Waals surface area contributed by atoms with Crippen molar-refractivity contribution in [2.45, 2.75) is 51.7 Å². The third-order valence-electron chi connectivity index (χ3n) is 3.77. The number of rotatable bonds is 2. The first kappa shape index (κ1) is 13.6. The molecule has 0 radical (unpaired) electrons. The second-order valence-corrected chi connectivity index (χ2v) is 6.07. The molecule has 0 spiro atoms. The van der Waals surface area contributed by atoms with E-state index in [4.69, 9.17) is 5.73 Å².